The zero-order valence-electron chi connectivity index (χ0n) is 22.7. The van der Waals surface area contributed by atoms with E-state index < -0.39 is 33.9 Å². The van der Waals surface area contributed by atoms with Crippen LogP contribution in [0.25, 0.3) is 11.3 Å². The number of nitrogens with one attached hydrogen (secondary N) is 2. The predicted octanol–water partition coefficient (Wildman–Crippen LogP) is 5.10. The van der Waals surface area contributed by atoms with Crippen molar-refractivity contribution in [3.05, 3.63) is 23.0 Å². The Balaban J connectivity index is 1.78. The molecule has 0 bridgehead atoms. The van der Waals surface area contributed by atoms with Gasteiger partial charge in [0.25, 0.3) is 5.91 Å². The molecule has 0 atom stereocenters. The molecule has 218 valence electrons. The number of sulfone groups is 1. The number of methoxy groups -OCH3 is 1. The number of hydrogen-bond donors (Lipinski definition) is 2. The first-order valence-corrected chi connectivity index (χ1v) is 15.0. The van der Waals surface area contributed by atoms with E-state index in [-0.39, 0.29) is 27.7 Å². The van der Waals surface area contributed by atoms with Gasteiger partial charge in [-0.25, -0.2) is 13.4 Å². The smallest absolute Gasteiger partial charge is 0.391 e. The van der Waals surface area contributed by atoms with Crippen LogP contribution in [0.15, 0.2) is 12.3 Å². The Bertz CT molecular complexity index is 1290. The number of halogens is 4. The Morgan fingerprint density at radius 1 is 1.23 bits per heavy atom. The zero-order chi connectivity index (χ0) is 29.2. The molecule has 14 heteroatoms. The van der Waals surface area contributed by atoms with Gasteiger partial charge in [-0.1, -0.05) is 11.6 Å². The molecule has 1 amide bonds. The molecule has 2 N–H and O–H groups in total. The van der Waals surface area contributed by atoms with Gasteiger partial charge >= 0.3 is 6.18 Å². The van der Waals surface area contributed by atoms with Crippen molar-refractivity contribution < 1.29 is 31.1 Å². The molecule has 39 heavy (non-hydrogen) atoms. The van der Waals surface area contributed by atoms with Gasteiger partial charge in [0.15, 0.2) is 5.69 Å². The number of anilines is 1. The molecule has 0 radical (unpaired) electrons. The van der Waals surface area contributed by atoms with Gasteiger partial charge < -0.3 is 15.4 Å². The molecule has 1 aliphatic rings. The van der Waals surface area contributed by atoms with Gasteiger partial charge in [-0.15, -0.1) is 0 Å². The van der Waals surface area contributed by atoms with Gasteiger partial charge in [0, 0.05) is 37.1 Å². The number of carbonyl (C=O) groups excluding carboxylic acids is 1. The van der Waals surface area contributed by atoms with Crippen molar-refractivity contribution in [3.63, 3.8) is 0 Å². The quantitative estimate of drug-likeness (QED) is 0.394. The number of aromatic nitrogens is 3. The highest BCUT2D eigenvalue weighted by molar-refractivity contribution is 7.91. The molecule has 0 saturated heterocycles. The van der Waals surface area contributed by atoms with Crippen LogP contribution < -0.4 is 15.4 Å². The Morgan fingerprint density at radius 2 is 1.87 bits per heavy atom. The summed E-state index contributed by atoms with van der Waals surface area (Å²) in [6.07, 6.45) is -0.201. The molecular weight excluding hydrogens is 559 g/mol. The van der Waals surface area contributed by atoms with Crippen LogP contribution in [0.2, 0.25) is 5.02 Å². The Morgan fingerprint density at radius 3 is 2.41 bits per heavy atom. The molecule has 0 aliphatic heterocycles. The minimum atomic E-state index is -4.35. The summed E-state index contributed by atoms with van der Waals surface area (Å²) in [6, 6.07) is 1.48. The number of amides is 1. The Labute approximate surface area is 231 Å². The van der Waals surface area contributed by atoms with E-state index in [4.69, 9.17) is 16.3 Å². The van der Waals surface area contributed by atoms with Crippen LogP contribution in [-0.4, -0.2) is 66.0 Å². The van der Waals surface area contributed by atoms with Crippen LogP contribution in [0, 0.1) is 5.92 Å². The lowest BCUT2D eigenvalue weighted by molar-refractivity contribution is -0.142. The van der Waals surface area contributed by atoms with Crippen molar-refractivity contribution in [3.8, 4) is 17.0 Å². The maximum absolute atomic E-state index is 13.0. The maximum Gasteiger partial charge on any atom is 0.391 e. The van der Waals surface area contributed by atoms with Gasteiger partial charge in [-0.2, -0.15) is 18.3 Å². The highest BCUT2D eigenvalue weighted by atomic mass is 35.5. The molecule has 0 spiro atoms. The van der Waals surface area contributed by atoms with Crippen molar-refractivity contribution in [2.75, 3.05) is 25.2 Å². The van der Waals surface area contributed by atoms with Crippen molar-refractivity contribution in [1.29, 1.82) is 0 Å². The van der Waals surface area contributed by atoms with Crippen molar-refractivity contribution in [1.82, 2.24) is 20.1 Å². The minimum absolute atomic E-state index is 0.0221. The van der Waals surface area contributed by atoms with E-state index in [9.17, 15) is 26.4 Å². The third-order valence-corrected chi connectivity index (χ3v) is 8.85. The van der Waals surface area contributed by atoms with E-state index in [0.717, 1.165) is 0 Å². The molecular formula is C25H35ClF3N5O4S. The molecule has 2 aromatic rings. The number of alkyl halides is 3. The van der Waals surface area contributed by atoms with Crippen LogP contribution in [0.5, 0.6) is 5.75 Å². The van der Waals surface area contributed by atoms with Crippen LogP contribution in [-0.2, 0) is 16.4 Å². The van der Waals surface area contributed by atoms with Gasteiger partial charge in [0.2, 0.25) is 0 Å². The van der Waals surface area contributed by atoms with Crippen LogP contribution >= 0.6 is 11.6 Å². The maximum atomic E-state index is 13.0. The first-order valence-electron chi connectivity index (χ1n) is 12.7. The van der Waals surface area contributed by atoms with E-state index in [1.165, 1.54) is 44.2 Å². The first-order chi connectivity index (χ1) is 18.0. The summed E-state index contributed by atoms with van der Waals surface area (Å²) in [5.74, 6) is 0.177. The molecule has 9 nitrogen and oxygen atoms in total. The van der Waals surface area contributed by atoms with E-state index in [0.29, 0.717) is 55.8 Å². The SMILES string of the molecule is CCn1nc(C(=O)NCC2CCC(S(C)(=O)=O)CC2)c(Cl)c1-c1cnc(NC(C)(C)CC(F)(F)F)cc1OC. The van der Waals surface area contributed by atoms with E-state index in [2.05, 4.69) is 20.7 Å². The largest absolute Gasteiger partial charge is 0.496 e. The molecule has 0 unspecified atom stereocenters. The Hall–Kier alpha value is -2.54. The normalized spacial score (nSPS) is 18.6. The molecule has 1 aliphatic carbocycles. The first kappa shape index (κ1) is 31.0. The molecule has 0 aromatic carbocycles. The van der Waals surface area contributed by atoms with Gasteiger partial charge in [0.1, 0.15) is 21.4 Å². The lowest BCUT2D eigenvalue weighted by Gasteiger charge is -2.28. The third-order valence-electron chi connectivity index (χ3n) is 6.81. The number of pyridine rings is 1. The number of hydrogen-bond acceptors (Lipinski definition) is 7. The lowest BCUT2D eigenvalue weighted by Crippen LogP contribution is -2.36. The molecule has 1 saturated carbocycles. The summed E-state index contributed by atoms with van der Waals surface area (Å²) >= 11 is 6.64. The van der Waals surface area contributed by atoms with Crippen molar-refractivity contribution >= 4 is 33.2 Å². The fourth-order valence-corrected chi connectivity index (χ4v) is 6.35. The van der Waals surface area contributed by atoms with Crippen LogP contribution in [0.3, 0.4) is 0 Å². The summed E-state index contributed by atoms with van der Waals surface area (Å²) < 4.78 is 69.4. The molecule has 3 rings (SSSR count). The monoisotopic (exact) mass is 593 g/mol. The summed E-state index contributed by atoms with van der Waals surface area (Å²) in [4.78, 5) is 17.3. The second-order valence-electron chi connectivity index (χ2n) is 10.6. The average Bonchev–Trinajstić information content (AvgIpc) is 3.16. The third kappa shape index (κ3) is 8.00. The zero-order valence-corrected chi connectivity index (χ0v) is 24.2. The number of rotatable bonds is 10. The van der Waals surface area contributed by atoms with Crippen LogP contribution in [0.1, 0.15) is 63.4 Å². The summed E-state index contributed by atoms with van der Waals surface area (Å²) in [7, 11) is -1.65. The molecule has 2 aromatic heterocycles. The van der Waals surface area contributed by atoms with Gasteiger partial charge in [-0.05, 0) is 52.4 Å². The summed E-state index contributed by atoms with van der Waals surface area (Å²) in [6.45, 7) is 5.42. The van der Waals surface area contributed by atoms with Crippen molar-refractivity contribution in [2.45, 2.75) is 76.4 Å². The molecule has 1 fully saturated rings. The number of ether oxygens (including phenoxy) is 1. The highest BCUT2D eigenvalue weighted by Gasteiger charge is 2.37. The van der Waals surface area contributed by atoms with Crippen LogP contribution in [0.4, 0.5) is 19.0 Å². The minimum Gasteiger partial charge on any atom is -0.496 e. The lowest BCUT2D eigenvalue weighted by atomic mass is 9.89. The van der Waals surface area contributed by atoms with Gasteiger partial charge in [-0.3, -0.25) is 9.48 Å². The van der Waals surface area contributed by atoms with Gasteiger partial charge in [0.05, 0.1) is 35.1 Å². The fourth-order valence-electron chi connectivity index (χ4n) is 4.90. The fraction of sp³-hybridized carbons (Fsp3) is 0.640. The molecule has 2 heterocycles. The average molecular weight is 594 g/mol. The van der Waals surface area contributed by atoms with E-state index >= 15 is 0 Å². The number of carbonyl (C=O) groups is 1. The highest BCUT2D eigenvalue weighted by Crippen LogP contribution is 2.38. The second kappa shape index (κ2) is 11.9. The summed E-state index contributed by atoms with van der Waals surface area (Å²) in [5, 5.41) is 9.79. The predicted molar refractivity (Wildman–Crippen MR) is 144 cm³/mol. The summed E-state index contributed by atoms with van der Waals surface area (Å²) in [5.41, 5.74) is -0.470. The Kier molecular flexibility index (Phi) is 9.47. The van der Waals surface area contributed by atoms with E-state index in [1.807, 2.05) is 6.92 Å². The standard InChI is InChI=1S/C25H35ClF3N5O4S/c1-6-34-22(17-13-30-19(11-18(17)38-4)32-24(2,3)14-25(27,28)29)20(26)21(33-34)23(35)31-12-15-7-9-16(10-8-15)39(5,36)37/h11,13,15-16H,6-10,12,14H2,1-5H3,(H,30,32)(H,31,35). The number of aryl methyl sites for hydroxylation is 1. The second-order valence-corrected chi connectivity index (χ2v) is 13.3. The van der Waals surface area contributed by atoms with E-state index in [1.54, 1.807) is 0 Å². The van der Waals surface area contributed by atoms with Crippen molar-refractivity contribution in [2.24, 2.45) is 5.92 Å². The number of nitrogens with zero attached hydrogens (tertiary/aromatic N) is 3. The topological polar surface area (TPSA) is 115 Å².